The summed E-state index contributed by atoms with van der Waals surface area (Å²) in [6, 6.07) is 14.1. The van der Waals surface area contributed by atoms with Crippen LogP contribution in [0.15, 0.2) is 48.5 Å². The normalized spacial score (nSPS) is 12.2. The maximum Gasteiger partial charge on any atom is 0.344 e. The van der Waals surface area contributed by atoms with Gasteiger partial charge in [-0.25, -0.2) is 9.59 Å². The predicted molar refractivity (Wildman–Crippen MR) is 230 cm³/mol. The Morgan fingerprint density at radius 3 is 1.05 bits per heavy atom. The summed E-state index contributed by atoms with van der Waals surface area (Å²) in [6.07, 6.45) is 28.8. The van der Waals surface area contributed by atoms with E-state index in [-0.39, 0.29) is 0 Å². The van der Waals surface area contributed by atoms with Crippen LogP contribution in [0.4, 0.5) is 0 Å². The minimum Gasteiger partial charge on any atom is -0.491 e. The molecule has 0 amide bonds. The van der Waals surface area contributed by atoms with Crippen molar-refractivity contribution >= 4 is 11.9 Å². The SMILES string of the molecule is CCCCCCCCCCCCCCC(Oc1cccc(OCCOCCOc2cccc(OC(CCCCCCCCCCCCCC)C(=O)O)c2)c1)C(=O)O. The highest BCUT2D eigenvalue weighted by Gasteiger charge is 2.20. The molecular formula is C48H78O9. The van der Waals surface area contributed by atoms with Crippen molar-refractivity contribution < 1.29 is 43.5 Å². The zero-order valence-corrected chi connectivity index (χ0v) is 35.7. The fourth-order valence-electron chi connectivity index (χ4n) is 6.95. The largest absolute Gasteiger partial charge is 0.491 e. The van der Waals surface area contributed by atoms with Crippen LogP contribution in [0.3, 0.4) is 0 Å². The number of hydrogen-bond donors (Lipinski definition) is 2. The average molecular weight is 799 g/mol. The first kappa shape index (κ1) is 49.7. The Bertz CT molecular complexity index is 1170. The van der Waals surface area contributed by atoms with Crippen LogP contribution >= 0.6 is 0 Å². The van der Waals surface area contributed by atoms with Crippen LogP contribution < -0.4 is 18.9 Å². The van der Waals surface area contributed by atoms with Gasteiger partial charge >= 0.3 is 11.9 Å². The summed E-state index contributed by atoms with van der Waals surface area (Å²) in [5.41, 5.74) is 0. The van der Waals surface area contributed by atoms with Gasteiger partial charge in [-0.1, -0.05) is 167 Å². The van der Waals surface area contributed by atoms with Crippen molar-refractivity contribution in [1.29, 1.82) is 0 Å². The second kappa shape index (κ2) is 34.6. The number of unbranched alkanes of at least 4 members (excludes halogenated alkanes) is 22. The number of carboxylic acids is 2. The van der Waals surface area contributed by atoms with E-state index in [0.29, 0.717) is 62.3 Å². The van der Waals surface area contributed by atoms with E-state index in [1.165, 1.54) is 116 Å². The molecule has 0 spiro atoms. The maximum atomic E-state index is 11.9. The van der Waals surface area contributed by atoms with E-state index in [1.54, 1.807) is 48.5 Å². The van der Waals surface area contributed by atoms with Crippen LogP contribution in [0.25, 0.3) is 0 Å². The highest BCUT2D eigenvalue weighted by atomic mass is 16.5. The summed E-state index contributed by atoms with van der Waals surface area (Å²) >= 11 is 0. The lowest BCUT2D eigenvalue weighted by molar-refractivity contribution is -0.146. The molecule has 324 valence electrons. The van der Waals surface area contributed by atoms with E-state index < -0.39 is 24.1 Å². The van der Waals surface area contributed by atoms with Crippen molar-refractivity contribution in [1.82, 2.24) is 0 Å². The molecule has 9 nitrogen and oxygen atoms in total. The summed E-state index contributed by atoms with van der Waals surface area (Å²) in [4.78, 5) is 23.8. The second-order valence-electron chi connectivity index (χ2n) is 15.5. The predicted octanol–water partition coefficient (Wildman–Crippen LogP) is 13.0. The topological polar surface area (TPSA) is 121 Å². The van der Waals surface area contributed by atoms with Crippen LogP contribution in [0.2, 0.25) is 0 Å². The molecule has 2 aromatic rings. The Hall–Kier alpha value is -3.46. The third-order valence-corrected chi connectivity index (χ3v) is 10.4. The Morgan fingerprint density at radius 2 is 0.737 bits per heavy atom. The van der Waals surface area contributed by atoms with Gasteiger partial charge in [0, 0.05) is 12.1 Å². The Labute approximate surface area is 345 Å². The first-order valence-electron chi connectivity index (χ1n) is 22.7. The zero-order chi connectivity index (χ0) is 41.0. The lowest BCUT2D eigenvalue weighted by atomic mass is 10.0. The smallest absolute Gasteiger partial charge is 0.344 e. The van der Waals surface area contributed by atoms with Gasteiger partial charge in [0.15, 0.2) is 12.2 Å². The number of rotatable bonds is 40. The van der Waals surface area contributed by atoms with Gasteiger partial charge in [0.25, 0.3) is 0 Å². The Kier molecular flexibility index (Phi) is 30.1. The van der Waals surface area contributed by atoms with Crippen molar-refractivity contribution in [3.63, 3.8) is 0 Å². The number of ether oxygens (including phenoxy) is 5. The fraction of sp³-hybridized carbons (Fsp3) is 0.708. The van der Waals surface area contributed by atoms with Crippen molar-refractivity contribution in [2.75, 3.05) is 26.4 Å². The Morgan fingerprint density at radius 1 is 0.439 bits per heavy atom. The van der Waals surface area contributed by atoms with E-state index in [9.17, 15) is 19.8 Å². The molecule has 57 heavy (non-hydrogen) atoms. The summed E-state index contributed by atoms with van der Waals surface area (Å²) < 4.78 is 29.0. The summed E-state index contributed by atoms with van der Waals surface area (Å²) in [6.45, 7) is 5.80. The van der Waals surface area contributed by atoms with Crippen LogP contribution in [0, 0.1) is 0 Å². The molecule has 0 saturated carbocycles. The molecule has 0 heterocycles. The molecule has 2 aromatic carbocycles. The molecule has 0 aliphatic heterocycles. The molecule has 0 bridgehead atoms. The second-order valence-corrected chi connectivity index (χ2v) is 15.5. The van der Waals surface area contributed by atoms with Crippen LogP contribution in [0.5, 0.6) is 23.0 Å². The van der Waals surface area contributed by atoms with Crippen molar-refractivity contribution in [2.45, 2.75) is 193 Å². The minimum atomic E-state index is -0.950. The van der Waals surface area contributed by atoms with Crippen molar-refractivity contribution in [3.05, 3.63) is 48.5 Å². The standard InChI is InChI=1S/C48H78O9/c1-3-5-7-9-11-13-15-17-19-21-23-25-33-45(47(49)50)56-43-31-27-29-41(39-43)54-37-35-53-36-38-55-42-30-28-32-44(40-42)57-46(48(51)52)34-26-24-22-20-18-16-14-12-10-8-6-4-2/h27-32,39-40,45-46H,3-26,33-38H2,1-2H3,(H,49,50)(H,51,52). The average Bonchev–Trinajstić information content (AvgIpc) is 3.20. The number of hydrogen-bond acceptors (Lipinski definition) is 7. The van der Waals surface area contributed by atoms with E-state index in [4.69, 9.17) is 23.7 Å². The quantitative estimate of drug-likeness (QED) is 0.0635. The van der Waals surface area contributed by atoms with E-state index in [2.05, 4.69) is 13.8 Å². The molecular weight excluding hydrogens is 721 g/mol. The fourth-order valence-corrected chi connectivity index (χ4v) is 6.95. The molecule has 0 aliphatic rings. The first-order chi connectivity index (χ1) is 27.9. The third-order valence-electron chi connectivity index (χ3n) is 10.4. The monoisotopic (exact) mass is 799 g/mol. The van der Waals surface area contributed by atoms with Gasteiger partial charge in [0.05, 0.1) is 13.2 Å². The lowest BCUT2D eigenvalue weighted by Gasteiger charge is -2.16. The highest BCUT2D eigenvalue weighted by molar-refractivity contribution is 5.73. The van der Waals surface area contributed by atoms with Gasteiger partial charge in [0.1, 0.15) is 36.2 Å². The molecule has 2 atom stereocenters. The van der Waals surface area contributed by atoms with Gasteiger partial charge in [0.2, 0.25) is 0 Å². The molecule has 0 saturated heterocycles. The van der Waals surface area contributed by atoms with Gasteiger partial charge < -0.3 is 33.9 Å². The van der Waals surface area contributed by atoms with Gasteiger partial charge in [-0.2, -0.15) is 0 Å². The summed E-state index contributed by atoms with van der Waals surface area (Å²) in [5.74, 6) is 0.202. The molecule has 0 aliphatic carbocycles. The van der Waals surface area contributed by atoms with Gasteiger partial charge in [-0.05, 0) is 49.9 Å². The van der Waals surface area contributed by atoms with E-state index >= 15 is 0 Å². The number of aliphatic carboxylic acids is 2. The molecule has 2 rings (SSSR count). The van der Waals surface area contributed by atoms with Crippen LogP contribution in [0.1, 0.15) is 181 Å². The maximum absolute atomic E-state index is 11.9. The molecule has 2 unspecified atom stereocenters. The number of carbonyl (C=O) groups is 2. The van der Waals surface area contributed by atoms with Gasteiger partial charge in [-0.3, -0.25) is 0 Å². The first-order valence-corrected chi connectivity index (χ1v) is 22.7. The van der Waals surface area contributed by atoms with Crippen molar-refractivity contribution in [3.8, 4) is 23.0 Å². The third kappa shape index (κ3) is 27.0. The minimum absolute atomic E-state index is 0.309. The number of carboxylic acid groups (broad SMARTS) is 2. The summed E-state index contributed by atoms with van der Waals surface area (Å²) in [7, 11) is 0. The van der Waals surface area contributed by atoms with Gasteiger partial charge in [-0.15, -0.1) is 0 Å². The number of benzene rings is 2. The van der Waals surface area contributed by atoms with Crippen LogP contribution in [-0.4, -0.2) is 60.8 Å². The molecule has 2 N–H and O–H groups in total. The Balaban J connectivity index is 1.56. The molecule has 9 heteroatoms. The lowest BCUT2D eigenvalue weighted by Crippen LogP contribution is -2.26. The summed E-state index contributed by atoms with van der Waals surface area (Å²) in [5, 5.41) is 19.5. The van der Waals surface area contributed by atoms with E-state index in [0.717, 1.165) is 38.5 Å². The van der Waals surface area contributed by atoms with Crippen molar-refractivity contribution in [2.24, 2.45) is 0 Å². The molecule has 0 aromatic heterocycles. The molecule has 0 radical (unpaired) electrons. The molecule has 0 fully saturated rings. The zero-order valence-electron chi connectivity index (χ0n) is 35.7. The van der Waals surface area contributed by atoms with Crippen LogP contribution in [-0.2, 0) is 14.3 Å². The highest BCUT2D eigenvalue weighted by Crippen LogP contribution is 2.24. The van der Waals surface area contributed by atoms with E-state index in [1.807, 2.05) is 0 Å².